The number of carbonyl (C=O) groups is 3. The second kappa shape index (κ2) is 7.93. The van der Waals surface area contributed by atoms with E-state index >= 15 is 0 Å². The van der Waals surface area contributed by atoms with Crippen LogP contribution in [0.3, 0.4) is 0 Å². The van der Waals surface area contributed by atoms with Crippen LogP contribution in [0.2, 0.25) is 0 Å². The van der Waals surface area contributed by atoms with Gasteiger partial charge in [0.05, 0.1) is 22.9 Å². The lowest BCUT2D eigenvalue weighted by molar-refractivity contribution is -0.137. The van der Waals surface area contributed by atoms with Crippen LogP contribution in [0.25, 0.3) is 0 Å². The molecule has 33 heavy (non-hydrogen) atoms. The topological polar surface area (TPSA) is 93.9 Å². The smallest absolute Gasteiger partial charge is 0.417 e. The molecule has 0 aliphatic carbocycles. The monoisotopic (exact) mass is 466 g/mol. The predicted molar refractivity (Wildman–Crippen MR) is 111 cm³/mol. The van der Waals surface area contributed by atoms with Crippen molar-refractivity contribution in [1.29, 1.82) is 5.26 Å². The normalized spacial score (nSPS) is 18.9. The molecule has 178 valence electrons. The molecule has 0 aromatic heterocycles. The molecule has 0 saturated carbocycles. The highest BCUT2D eigenvalue weighted by atomic mass is 19.4. The first-order valence-electron chi connectivity index (χ1n) is 10.3. The summed E-state index contributed by atoms with van der Waals surface area (Å²) in [6.07, 6.45) is -5.29. The number of hydrogen-bond donors (Lipinski definition) is 0. The Hall–Kier alpha value is -3.29. The molecular formula is C22H25F3N4O4. The van der Waals surface area contributed by atoms with Crippen LogP contribution >= 0.6 is 0 Å². The molecule has 0 atom stereocenters. The fourth-order valence-corrected chi connectivity index (χ4v) is 3.79. The molecule has 0 N–H and O–H groups in total. The van der Waals surface area contributed by atoms with E-state index in [1.165, 1.54) is 29.7 Å². The summed E-state index contributed by atoms with van der Waals surface area (Å²) >= 11 is 0. The highest BCUT2D eigenvalue weighted by Gasteiger charge is 2.53. The van der Waals surface area contributed by atoms with E-state index in [4.69, 9.17) is 10.00 Å². The molecule has 0 bridgehead atoms. The van der Waals surface area contributed by atoms with Crippen LogP contribution in [0.5, 0.6) is 0 Å². The third-order valence-corrected chi connectivity index (χ3v) is 5.56. The number of nitriles is 1. The van der Waals surface area contributed by atoms with Crippen molar-refractivity contribution >= 4 is 23.7 Å². The number of halogens is 3. The first-order chi connectivity index (χ1) is 15.1. The molecule has 1 aromatic carbocycles. The highest BCUT2D eigenvalue weighted by molar-refractivity contribution is 6.23. The zero-order valence-electron chi connectivity index (χ0n) is 19.0. The summed E-state index contributed by atoms with van der Waals surface area (Å²) in [6, 6.07) is 3.46. The Kier molecular flexibility index (Phi) is 5.86. The predicted octanol–water partition coefficient (Wildman–Crippen LogP) is 3.99. The molecular weight excluding hydrogens is 441 g/mol. The van der Waals surface area contributed by atoms with Crippen molar-refractivity contribution in [1.82, 2.24) is 9.80 Å². The molecule has 2 fully saturated rings. The molecule has 0 unspecified atom stereocenters. The van der Waals surface area contributed by atoms with E-state index in [1.54, 1.807) is 20.8 Å². The molecule has 3 rings (SSSR count). The minimum absolute atomic E-state index is 0.111. The van der Waals surface area contributed by atoms with Gasteiger partial charge in [0.2, 0.25) is 0 Å². The fourth-order valence-electron chi connectivity index (χ4n) is 3.79. The van der Waals surface area contributed by atoms with Crippen LogP contribution < -0.4 is 4.90 Å². The average molecular weight is 466 g/mol. The first kappa shape index (κ1) is 24.4. The van der Waals surface area contributed by atoms with E-state index < -0.39 is 46.5 Å². The molecule has 11 heteroatoms. The molecule has 2 aliphatic heterocycles. The van der Waals surface area contributed by atoms with E-state index in [0.717, 1.165) is 12.1 Å². The number of benzene rings is 1. The fraction of sp³-hybridized carbons (Fsp3) is 0.545. The lowest BCUT2D eigenvalue weighted by Gasteiger charge is -2.42. The minimum atomic E-state index is -4.82. The molecule has 1 aromatic rings. The van der Waals surface area contributed by atoms with Crippen LogP contribution in [0.15, 0.2) is 18.2 Å². The van der Waals surface area contributed by atoms with Crippen molar-refractivity contribution in [2.24, 2.45) is 5.92 Å². The molecule has 8 nitrogen and oxygen atoms in total. The zero-order chi connectivity index (χ0) is 24.9. The third kappa shape index (κ3) is 4.60. The second-order valence-electron chi connectivity index (χ2n) is 9.68. The van der Waals surface area contributed by atoms with E-state index in [1.807, 2.05) is 0 Å². The van der Waals surface area contributed by atoms with E-state index in [-0.39, 0.29) is 18.2 Å². The van der Waals surface area contributed by atoms with E-state index in [9.17, 15) is 27.6 Å². The van der Waals surface area contributed by atoms with Gasteiger partial charge in [-0.1, -0.05) is 0 Å². The second-order valence-corrected chi connectivity index (χ2v) is 9.68. The Bertz CT molecular complexity index is 1030. The summed E-state index contributed by atoms with van der Waals surface area (Å²) in [4.78, 5) is 41.7. The van der Waals surface area contributed by atoms with Gasteiger partial charge in [-0.2, -0.15) is 18.4 Å². The number of ether oxygens (including phenoxy) is 1. The van der Waals surface area contributed by atoms with Crippen LogP contribution in [-0.4, -0.2) is 58.6 Å². The number of amides is 4. The van der Waals surface area contributed by atoms with Crippen molar-refractivity contribution in [3.63, 3.8) is 0 Å². The maximum Gasteiger partial charge on any atom is 0.417 e. The standard InChI is InChI=1S/C22H25F3N4O4/c1-20(2,3)33-19(32)27-10-13(11-27)12-28-18(31)29(17(30)21(28,4)5)15-7-6-14(9-26)16(8-15)22(23,24)25/h6-8,13H,10-12H2,1-5H3. The van der Waals surface area contributed by atoms with Crippen LogP contribution in [-0.2, 0) is 15.7 Å². The Balaban J connectivity index is 1.78. The molecule has 2 saturated heterocycles. The largest absolute Gasteiger partial charge is 0.444 e. The van der Waals surface area contributed by atoms with Crippen molar-refractivity contribution in [2.45, 2.75) is 51.9 Å². The quantitative estimate of drug-likeness (QED) is 0.628. The van der Waals surface area contributed by atoms with Gasteiger partial charge in [0.25, 0.3) is 5.91 Å². The van der Waals surface area contributed by atoms with Gasteiger partial charge in [-0.25, -0.2) is 14.5 Å². The van der Waals surface area contributed by atoms with E-state index in [2.05, 4.69) is 0 Å². The summed E-state index contributed by atoms with van der Waals surface area (Å²) in [7, 11) is 0. The highest BCUT2D eigenvalue weighted by Crippen LogP contribution is 2.38. The number of alkyl halides is 3. The summed E-state index contributed by atoms with van der Waals surface area (Å²) in [5, 5.41) is 8.98. The average Bonchev–Trinajstić information content (AvgIpc) is 2.80. The molecule has 0 spiro atoms. The van der Waals surface area contributed by atoms with Crippen LogP contribution in [0.4, 0.5) is 28.4 Å². The van der Waals surface area contributed by atoms with Gasteiger partial charge in [-0.3, -0.25) is 4.79 Å². The van der Waals surface area contributed by atoms with Crippen molar-refractivity contribution < 1.29 is 32.3 Å². The number of carbonyl (C=O) groups excluding carboxylic acids is 3. The van der Waals surface area contributed by atoms with Crippen molar-refractivity contribution in [2.75, 3.05) is 24.5 Å². The lowest BCUT2D eigenvalue weighted by Crippen LogP contribution is -2.57. The Morgan fingerprint density at radius 2 is 1.82 bits per heavy atom. The summed E-state index contributed by atoms with van der Waals surface area (Å²) in [6.45, 7) is 9.10. The number of likely N-dealkylation sites (tertiary alicyclic amines) is 1. The van der Waals surface area contributed by atoms with Gasteiger partial charge in [0, 0.05) is 25.6 Å². The molecule has 4 amide bonds. The SMILES string of the molecule is CC(C)(C)OC(=O)N1CC(CN2C(=O)N(c3ccc(C#N)c(C(F)(F)F)c3)C(=O)C2(C)C)C1. The molecule has 0 radical (unpaired) electrons. The number of nitrogens with zero attached hydrogens (tertiary/aromatic N) is 4. The number of anilines is 1. The first-order valence-corrected chi connectivity index (χ1v) is 10.3. The number of imide groups is 1. The number of hydrogen-bond acceptors (Lipinski definition) is 5. The van der Waals surface area contributed by atoms with Gasteiger partial charge < -0.3 is 14.5 Å². The minimum Gasteiger partial charge on any atom is -0.444 e. The maximum atomic E-state index is 13.4. The van der Waals surface area contributed by atoms with Gasteiger partial charge in [0.1, 0.15) is 11.1 Å². The number of urea groups is 1. The number of rotatable bonds is 3. The Morgan fingerprint density at radius 1 is 1.21 bits per heavy atom. The molecule has 2 heterocycles. The van der Waals surface area contributed by atoms with Gasteiger partial charge >= 0.3 is 18.3 Å². The maximum absolute atomic E-state index is 13.4. The summed E-state index contributed by atoms with van der Waals surface area (Å²) in [5.41, 5.74) is -4.01. The van der Waals surface area contributed by atoms with Gasteiger partial charge in [-0.15, -0.1) is 0 Å². The van der Waals surface area contributed by atoms with Crippen molar-refractivity contribution in [3.8, 4) is 6.07 Å². The van der Waals surface area contributed by atoms with Gasteiger partial charge in [-0.05, 0) is 52.8 Å². The summed E-state index contributed by atoms with van der Waals surface area (Å²) < 4.78 is 45.4. The Labute approximate surface area is 189 Å². The van der Waals surface area contributed by atoms with Crippen LogP contribution in [0.1, 0.15) is 45.7 Å². The van der Waals surface area contributed by atoms with Crippen molar-refractivity contribution in [3.05, 3.63) is 29.3 Å². The van der Waals surface area contributed by atoms with Crippen LogP contribution in [0, 0.1) is 17.2 Å². The summed E-state index contributed by atoms with van der Waals surface area (Å²) in [5.74, 6) is -0.783. The Morgan fingerprint density at radius 3 is 2.33 bits per heavy atom. The van der Waals surface area contributed by atoms with E-state index in [0.29, 0.717) is 24.1 Å². The zero-order valence-corrected chi connectivity index (χ0v) is 19.0. The van der Waals surface area contributed by atoms with Gasteiger partial charge in [0.15, 0.2) is 0 Å². The third-order valence-electron chi connectivity index (χ3n) is 5.56. The lowest BCUT2D eigenvalue weighted by atomic mass is 9.96. The molecule has 2 aliphatic rings.